The number of aliphatic hydroxyl groups excluding tert-OH is 1. The van der Waals surface area contributed by atoms with E-state index in [0.29, 0.717) is 12.6 Å². The van der Waals surface area contributed by atoms with Crippen LogP contribution in [-0.2, 0) is 6.54 Å². The quantitative estimate of drug-likeness (QED) is 0.567. The number of ether oxygens (including phenoxy) is 1. The Bertz CT molecular complexity index is 566. The topological polar surface area (TPSA) is 78.8 Å². The molecule has 0 aliphatic heterocycles. The SMILES string of the molecule is CCNC(=NCc1ncc(C)c(OC)c1C)NC1CCC(O)CC1. The molecule has 0 aromatic carbocycles. The fourth-order valence-corrected chi connectivity index (χ4v) is 3.12. The maximum atomic E-state index is 9.63. The highest BCUT2D eigenvalue weighted by Crippen LogP contribution is 2.24. The molecule has 6 heteroatoms. The van der Waals surface area contributed by atoms with Gasteiger partial charge in [-0.05, 0) is 46.5 Å². The lowest BCUT2D eigenvalue weighted by Crippen LogP contribution is -2.45. The minimum absolute atomic E-state index is 0.144. The van der Waals surface area contributed by atoms with Gasteiger partial charge in [0.2, 0.25) is 0 Å². The van der Waals surface area contributed by atoms with E-state index in [1.807, 2.05) is 20.0 Å². The molecule has 1 aliphatic carbocycles. The van der Waals surface area contributed by atoms with Crippen LogP contribution in [0.2, 0.25) is 0 Å². The Kier molecular flexibility index (Phi) is 6.85. The smallest absolute Gasteiger partial charge is 0.191 e. The van der Waals surface area contributed by atoms with Gasteiger partial charge in [-0.1, -0.05) is 0 Å². The highest BCUT2D eigenvalue weighted by atomic mass is 16.5. The van der Waals surface area contributed by atoms with Gasteiger partial charge in [0.1, 0.15) is 5.75 Å². The van der Waals surface area contributed by atoms with Crippen LogP contribution in [-0.4, -0.2) is 41.9 Å². The molecule has 0 amide bonds. The highest BCUT2D eigenvalue weighted by Gasteiger charge is 2.20. The Morgan fingerprint density at radius 1 is 1.33 bits per heavy atom. The van der Waals surface area contributed by atoms with Crippen molar-refractivity contribution in [2.75, 3.05) is 13.7 Å². The van der Waals surface area contributed by atoms with Crippen LogP contribution in [0.25, 0.3) is 0 Å². The number of guanidine groups is 1. The normalized spacial score (nSPS) is 21.5. The van der Waals surface area contributed by atoms with Gasteiger partial charge in [-0.2, -0.15) is 0 Å². The maximum absolute atomic E-state index is 9.63. The number of rotatable bonds is 5. The minimum Gasteiger partial charge on any atom is -0.496 e. The number of hydrogen-bond donors (Lipinski definition) is 3. The second-order valence-electron chi connectivity index (χ2n) is 6.39. The molecule has 1 saturated carbocycles. The lowest BCUT2D eigenvalue weighted by Gasteiger charge is -2.27. The van der Waals surface area contributed by atoms with Gasteiger partial charge in [-0.3, -0.25) is 4.98 Å². The summed E-state index contributed by atoms with van der Waals surface area (Å²) >= 11 is 0. The van der Waals surface area contributed by atoms with Gasteiger partial charge in [-0.25, -0.2) is 4.99 Å². The van der Waals surface area contributed by atoms with E-state index in [2.05, 4.69) is 27.5 Å². The van der Waals surface area contributed by atoms with E-state index < -0.39 is 0 Å². The van der Waals surface area contributed by atoms with Crippen LogP contribution >= 0.6 is 0 Å². The molecular formula is C18H30N4O2. The number of aliphatic imine (C=N–C) groups is 1. The van der Waals surface area contributed by atoms with Crippen molar-refractivity contribution in [1.82, 2.24) is 15.6 Å². The van der Waals surface area contributed by atoms with Crippen LogP contribution in [0, 0.1) is 13.8 Å². The van der Waals surface area contributed by atoms with Crippen molar-refractivity contribution in [2.24, 2.45) is 4.99 Å². The van der Waals surface area contributed by atoms with Gasteiger partial charge in [0.25, 0.3) is 0 Å². The van der Waals surface area contributed by atoms with Crippen LogP contribution < -0.4 is 15.4 Å². The molecule has 0 unspecified atom stereocenters. The van der Waals surface area contributed by atoms with Gasteiger partial charge in [0.15, 0.2) is 5.96 Å². The van der Waals surface area contributed by atoms with E-state index >= 15 is 0 Å². The zero-order valence-electron chi connectivity index (χ0n) is 15.2. The third-order valence-electron chi connectivity index (χ3n) is 4.52. The first-order valence-corrected chi connectivity index (χ1v) is 8.77. The van der Waals surface area contributed by atoms with E-state index in [9.17, 15) is 5.11 Å². The summed E-state index contributed by atoms with van der Waals surface area (Å²) in [5, 5.41) is 16.4. The van der Waals surface area contributed by atoms with Crippen molar-refractivity contribution in [1.29, 1.82) is 0 Å². The van der Waals surface area contributed by atoms with E-state index in [0.717, 1.165) is 60.8 Å². The Morgan fingerprint density at radius 2 is 2.04 bits per heavy atom. The van der Waals surface area contributed by atoms with Crippen molar-refractivity contribution < 1.29 is 9.84 Å². The molecule has 0 spiro atoms. The first-order valence-electron chi connectivity index (χ1n) is 8.77. The molecule has 0 radical (unpaired) electrons. The largest absolute Gasteiger partial charge is 0.496 e. The number of methoxy groups -OCH3 is 1. The van der Waals surface area contributed by atoms with Crippen LogP contribution in [0.3, 0.4) is 0 Å². The highest BCUT2D eigenvalue weighted by molar-refractivity contribution is 5.80. The molecule has 1 aliphatic rings. The lowest BCUT2D eigenvalue weighted by molar-refractivity contribution is 0.120. The Balaban J connectivity index is 2.05. The first kappa shape index (κ1) is 18.5. The fourth-order valence-electron chi connectivity index (χ4n) is 3.12. The third-order valence-corrected chi connectivity index (χ3v) is 4.52. The van der Waals surface area contributed by atoms with Crippen LogP contribution in [0.1, 0.15) is 49.4 Å². The number of aromatic nitrogens is 1. The molecule has 0 atom stereocenters. The summed E-state index contributed by atoms with van der Waals surface area (Å²) in [4.78, 5) is 9.18. The standard InChI is InChI=1S/C18H30N4O2/c1-5-19-18(22-14-6-8-15(23)9-7-14)21-11-16-13(3)17(24-4)12(2)10-20-16/h10,14-15,23H,5-9,11H2,1-4H3,(H2,19,21,22). The minimum atomic E-state index is -0.144. The average Bonchev–Trinajstić information content (AvgIpc) is 2.56. The van der Waals surface area contributed by atoms with Crippen molar-refractivity contribution in [2.45, 2.75) is 65.1 Å². The Labute approximate surface area is 144 Å². The molecular weight excluding hydrogens is 304 g/mol. The monoisotopic (exact) mass is 334 g/mol. The van der Waals surface area contributed by atoms with Crippen molar-refractivity contribution in [3.05, 3.63) is 23.0 Å². The van der Waals surface area contributed by atoms with Crippen LogP contribution in [0.15, 0.2) is 11.2 Å². The molecule has 3 N–H and O–H groups in total. The number of pyridine rings is 1. The molecule has 6 nitrogen and oxygen atoms in total. The van der Waals surface area contributed by atoms with Crippen molar-refractivity contribution in [3.63, 3.8) is 0 Å². The molecule has 0 saturated heterocycles. The molecule has 1 heterocycles. The van der Waals surface area contributed by atoms with E-state index in [4.69, 9.17) is 4.74 Å². The van der Waals surface area contributed by atoms with Crippen LogP contribution in [0.5, 0.6) is 5.75 Å². The van der Waals surface area contributed by atoms with Gasteiger partial charge in [-0.15, -0.1) is 0 Å². The predicted molar refractivity (Wildman–Crippen MR) is 96.5 cm³/mol. The predicted octanol–water partition coefficient (Wildman–Crippen LogP) is 2.07. The maximum Gasteiger partial charge on any atom is 0.191 e. The summed E-state index contributed by atoms with van der Waals surface area (Å²) in [5.41, 5.74) is 3.00. The second kappa shape index (κ2) is 8.87. The van der Waals surface area contributed by atoms with Gasteiger partial charge in [0, 0.05) is 29.9 Å². The number of nitrogens with zero attached hydrogens (tertiary/aromatic N) is 2. The van der Waals surface area contributed by atoms with Gasteiger partial charge >= 0.3 is 0 Å². The zero-order chi connectivity index (χ0) is 17.5. The first-order chi connectivity index (χ1) is 11.5. The van der Waals surface area contributed by atoms with Gasteiger partial charge in [0.05, 0.1) is 25.5 Å². The zero-order valence-corrected chi connectivity index (χ0v) is 15.2. The summed E-state index contributed by atoms with van der Waals surface area (Å²) in [6.45, 7) is 7.39. The molecule has 1 fully saturated rings. The fraction of sp³-hybridized carbons (Fsp3) is 0.667. The summed E-state index contributed by atoms with van der Waals surface area (Å²) in [7, 11) is 1.69. The summed E-state index contributed by atoms with van der Waals surface area (Å²) in [6.07, 6.45) is 5.34. The Morgan fingerprint density at radius 3 is 2.67 bits per heavy atom. The summed E-state index contributed by atoms with van der Waals surface area (Å²) in [5.74, 6) is 1.69. The number of hydrogen-bond acceptors (Lipinski definition) is 4. The number of nitrogens with one attached hydrogen (secondary N) is 2. The molecule has 1 aromatic heterocycles. The molecule has 1 aromatic rings. The van der Waals surface area contributed by atoms with E-state index in [-0.39, 0.29) is 6.10 Å². The molecule has 134 valence electrons. The molecule has 0 bridgehead atoms. The molecule has 24 heavy (non-hydrogen) atoms. The van der Waals surface area contributed by atoms with E-state index in [1.165, 1.54) is 0 Å². The number of aliphatic hydroxyl groups is 1. The van der Waals surface area contributed by atoms with Gasteiger partial charge < -0.3 is 20.5 Å². The molecule has 2 rings (SSSR count). The van der Waals surface area contributed by atoms with Crippen molar-refractivity contribution in [3.8, 4) is 5.75 Å². The van der Waals surface area contributed by atoms with Crippen molar-refractivity contribution >= 4 is 5.96 Å². The lowest BCUT2D eigenvalue weighted by atomic mass is 9.93. The van der Waals surface area contributed by atoms with Crippen LogP contribution in [0.4, 0.5) is 0 Å². The van der Waals surface area contributed by atoms with E-state index in [1.54, 1.807) is 7.11 Å². The third kappa shape index (κ3) is 4.84. The summed E-state index contributed by atoms with van der Waals surface area (Å²) < 4.78 is 5.46. The second-order valence-corrected chi connectivity index (χ2v) is 6.39. The number of aryl methyl sites for hydroxylation is 1. The average molecular weight is 334 g/mol. The summed E-state index contributed by atoms with van der Waals surface area (Å²) in [6, 6.07) is 0.368. The Hall–Kier alpha value is -1.82.